The van der Waals surface area contributed by atoms with E-state index in [9.17, 15) is 13.2 Å². The minimum absolute atomic E-state index is 0.0720. The molecule has 1 aliphatic rings. The normalized spacial score (nSPS) is 15.1. The number of sulfonamides is 1. The van der Waals surface area contributed by atoms with Crippen LogP contribution in [0.2, 0.25) is 15.1 Å². The molecule has 0 spiro atoms. The lowest BCUT2D eigenvalue weighted by Gasteiger charge is -2.26. The van der Waals surface area contributed by atoms with Crippen LogP contribution in [0.5, 0.6) is 11.5 Å². The maximum Gasteiger partial charge on any atom is 0.319 e. The topological polar surface area (TPSA) is 87.7 Å². The highest BCUT2D eigenvalue weighted by Gasteiger charge is 2.27. The molecule has 1 saturated heterocycles. The summed E-state index contributed by atoms with van der Waals surface area (Å²) in [7, 11) is -3.75. The number of rotatable bonds is 9. The fourth-order valence-corrected chi connectivity index (χ4v) is 6.66. The van der Waals surface area contributed by atoms with Gasteiger partial charge in [0.1, 0.15) is 5.75 Å². The van der Waals surface area contributed by atoms with Gasteiger partial charge in [0, 0.05) is 34.2 Å². The summed E-state index contributed by atoms with van der Waals surface area (Å²) in [5, 5.41) is 7.22. The third kappa shape index (κ3) is 8.04. The van der Waals surface area contributed by atoms with Crippen molar-refractivity contribution in [2.75, 3.05) is 18.4 Å². The Bertz CT molecular complexity index is 1420. The van der Waals surface area contributed by atoms with Gasteiger partial charge in [-0.25, -0.2) is 13.2 Å². The number of benzene rings is 3. The van der Waals surface area contributed by atoms with Gasteiger partial charge in [0.25, 0.3) is 0 Å². The summed E-state index contributed by atoms with van der Waals surface area (Å²) in [6, 6.07) is 15.9. The Morgan fingerprint density at radius 2 is 1.55 bits per heavy atom. The van der Waals surface area contributed by atoms with E-state index in [0.717, 1.165) is 24.8 Å². The zero-order valence-electron chi connectivity index (χ0n) is 22.3. The highest BCUT2D eigenvalue weighted by Crippen LogP contribution is 2.35. The summed E-state index contributed by atoms with van der Waals surface area (Å²) in [6.45, 7) is 4.96. The predicted molar refractivity (Wildman–Crippen MR) is 162 cm³/mol. The van der Waals surface area contributed by atoms with Gasteiger partial charge in [-0.3, -0.25) is 0 Å². The second-order valence-corrected chi connectivity index (χ2v) is 13.4. The van der Waals surface area contributed by atoms with Crippen molar-refractivity contribution in [2.45, 2.75) is 50.5 Å². The van der Waals surface area contributed by atoms with Gasteiger partial charge >= 0.3 is 6.03 Å². The number of nitrogens with zero attached hydrogens (tertiary/aromatic N) is 1. The molecule has 1 atom stereocenters. The van der Waals surface area contributed by atoms with Crippen molar-refractivity contribution in [2.24, 2.45) is 5.92 Å². The summed E-state index contributed by atoms with van der Waals surface area (Å²) in [5.74, 6) is 0.705. The summed E-state index contributed by atoms with van der Waals surface area (Å²) in [6.07, 6.45) is 3.22. The van der Waals surface area contributed by atoms with Crippen LogP contribution in [0.25, 0.3) is 0 Å². The molecule has 1 aliphatic heterocycles. The average Bonchev–Trinajstić information content (AvgIpc) is 2.90. The fraction of sp³-hybridized carbons (Fsp3) is 0.345. The van der Waals surface area contributed by atoms with Crippen molar-refractivity contribution in [3.05, 3.63) is 81.3 Å². The van der Waals surface area contributed by atoms with Gasteiger partial charge in [-0.2, -0.15) is 4.31 Å². The highest BCUT2D eigenvalue weighted by molar-refractivity contribution is 7.89. The molecule has 0 aliphatic carbocycles. The molecule has 7 nitrogen and oxygen atoms in total. The minimum Gasteiger partial charge on any atom is -0.455 e. The molecule has 0 radical (unpaired) electrons. The van der Waals surface area contributed by atoms with E-state index in [0.29, 0.717) is 40.3 Å². The van der Waals surface area contributed by atoms with Gasteiger partial charge in [0.2, 0.25) is 10.0 Å². The third-order valence-electron chi connectivity index (χ3n) is 6.71. The summed E-state index contributed by atoms with van der Waals surface area (Å²) in [4.78, 5) is 13.3. The maximum absolute atomic E-state index is 13.4. The Kier molecular flexibility index (Phi) is 10.2. The second kappa shape index (κ2) is 13.4. The minimum atomic E-state index is -3.75. The first-order valence-electron chi connectivity index (χ1n) is 13.1. The molecule has 1 heterocycles. The number of carbonyl (C=O) groups is 1. The molecule has 0 bridgehead atoms. The molecule has 1 unspecified atom stereocenters. The van der Waals surface area contributed by atoms with E-state index in [2.05, 4.69) is 10.6 Å². The van der Waals surface area contributed by atoms with Crippen molar-refractivity contribution in [3.8, 4) is 11.5 Å². The largest absolute Gasteiger partial charge is 0.455 e. The van der Waals surface area contributed by atoms with Crippen LogP contribution < -0.4 is 15.4 Å². The van der Waals surface area contributed by atoms with E-state index in [4.69, 9.17) is 39.5 Å². The molecular weight excluding hydrogens is 593 g/mol. The number of piperidine rings is 1. The molecule has 1 fully saturated rings. The van der Waals surface area contributed by atoms with Crippen molar-refractivity contribution in [3.63, 3.8) is 0 Å². The fourth-order valence-electron chi connectivity index (χ4n) is 4.48. The van der Waals surface area contributed by atoms with Crippen LogP contribution in [-0.2, 0) is 16.4 Å². The number of nitrogens with one attached hydrogen (secondary N) is 2. The molecule has 11 heteroatoms. The van der Waals surface area contributed by atoms with Gasteiger partial charge in [-0.05, 0) is 79.3 Å². The van der Waals surface area contributed by atoms with Crippen molar-refractivity contribution in [1.29, 1.82) is 0 Å². The van der Waals surface area contributed by atoms with E-state index in [1.54, 1.807) is 18.2 Å². The number of amides is 2. The number of hydrogen-bond donors (Lipinski definition) is 2. The zero-order chi connectivity index (χ0) is 28.9. The lowest BCUT2D eigenvalue weighted by Crippen LogP contribution is -2.42. The number of halogens is 3. The molecule has 40 heavy (non-hydrogen) atoms. The monoisotopic (exact) mass is 623 g/mol. The summed E-state index contributed by atoms with van der Waals surface area (Å²) in [5.41, 5.74) is 1.22. The number of anilines is 1. The van der Waals surface area contributed by atoms with Crippen LogP contribution in [0.3, 0.4) is 0 Å². The Labute approximate surface area is 250 Å². The van der Waals surface area contributed by atoms with Crippen molar-refractivity contribution in [1.82, 2.24) is 9.62 Å². The van der Waals surface area contributed by atoms with Crippen molar-refractivity contribution >= 4 is 56.5 Å². The average molecular weight is 625 g/mol. The molecule has 2 N–H and O–H groups in total. The third-order valence-corrected chi connectivity index (χ3v) is 9.29. The number of hydrogen-bond acceptors (Lipinski definition) is 4. The van der Waals surface area contributed by atoms with Gasteiger partial charge in [0.15, 0.2) is 5.75 Å². The van der Waals surface area contributed by atoms with E-state index in [1.165, 1.54) is 22.5 Å². The van der Waals surface area contributed by atoms with E-state index in [1.807, 2.05) is 38.1 Å². The number of urea groups is 1. The standard InChI is InChI=1S/C29H32Cl3N3O4S/c1-19(2)26(14-20-6-8-21(30)9-7-20)33-29(36)34-27-18-25(40(37,38)35-12-4-3-5-13-35)10-11-28(27)39-24-16-22(31)15-23(32)17-24/h6-11,15-19,26H,3-5,12-14H2,1-2H3,(H2,33,34,36). The van der Waals surface area contributed by atoms with Crippen molar-refractivity contribution < 1.29 is 17.9 Å². The van der Waals surface area contributed by atoms with Gasteiger partial charge < -0.3 is 15.4 Å². The molecule has 4 rings (SSSR count). The lowest BCUT2D eigenvalue weighted by atomic mass is 9.96. The van der Waals surface area contributed by atoms with Crippen LogP contribution in [0.15, 0.2) is 65.6 Å². The van der Waals surface area contributed by atoms with E-state index >= 15 is 0 Å². The first kappa shape index (κ1) is 30.5. The quantitative estimate of drug-likeness (QED) is 0.253. The molecule has 2 amide bonds. The molecule has 3 aromatic carbocycles. The first-order chi connectivity index (χ1) is 19.0. The number of carbonyl (C=O) groups excluding carboxylic acids is 1. The Morgan fingerprint density at radius 3 is 2.17 bits per heavy atom. The van der Waals surface area contributed by atoms with Crippen LogP contribution in [0, 0.1) is 5.92 Å². The summed E-state index contributed by atoms with van der Waals surface area (Å²) >= 11 is 18.3. The molecule has 0 aromatic heterocycles. The van der Waals surface area contributed by atoms with Gasteiger partial charge in [-0.15, -0.1) is 0 Å². The van der Waals surface area contributed by atoms with Crippen LogP contribution in [-0.4, -0.2) is 37.9 Å². The van der Waals surface area contributed by atoms with E-state index < -0.39 is 16.1 Å². The lowest BCUT2D eigenvalue weighted by molar-refractivity contribution is 0.244. The summed E-state index contributed by atoms with van der Waals surface area (Å²) < 4.78 is 34.3. The van der Waals surface area contributed by atoms with Crippen LogP contribution in [0.4, 0.5) is 10.5 Å². The molecular formula is C29H32Cl3N3O4S. The van der Waals surface area contributed by atoms with Gasteiger partial charge in [-0.1, -0.05) is 67.2 Å². The second-order valence-electron chi connectivity index (χ2n) is 10.1. The zero-order valence-corrected chi connectivity index (χ0v) is 25.4. The Hall–Kier alpha value is -2.49. The first-order valence-corrected chi connectivity index (χ1v) is 15.7. The Morgan fingerprint density at radius 1 is 0.900 bits per heavy atom. The maximum atomic E-state index is 13.4. The predicted octanol–water partition coefficient (Wildman–Crippen LogP) is 8.00. The van der Waals surface area contributed by atoms with Gasteiger partial charge in [0.05, 0.1) is 10.6 Å². The Balaban J connectivity index is 1.61. The highest BCUT2D eigenvalue weighted by atomic mass is 35.5. The van der Waals surface area contributed by atoms with Crippen LogP contribution in [0.1, 0.15) is 38.7 Å². The van der Waals surface area contributed by atoms with Crippen LogP contribution >= 0.6 is 34.8 Å². The number of ether oxygens (including phenoxy) is 1. The smallest absolute Gasteiger partial charge is 0.319 e. The molecule has 3 aromatic rings. The molecule has 214 valence electrons. The molecule has 0 saturated carbocycles. The SMILES string of the molecule is CC(C)C(Cc1ccc(Cl)cc1)NC(=O)Nc1cc(S(=O)(=O)N2CCCCC2)ccc1Oc1cc(Cl)cc(Cl)c1. The van der Waals surface area contributed by atoms with E-state index in [-0.39, 0.29) is 28.3 Å².